The van der Waals surface area contributed by atoms with Crippen molar-refractivity contribution in [1.82, 2.24) is 25.0 Å². The Labute approximate surface area is 169 Å². The molecular formula is C21H32ClN5. The highest BCUT2D eigenvalue weighted by atomic mass is 35.5. The first-order valence-electron chi connectivity index (χ1n) is 10.1. The first kappa shape index (κ1) is 20.3. The van der Waals surface area contributed by atoms with Crippen LogP contribution in [0.1, 0.15) is 55.4 Å². The van der Waals surface area contributed by atoms with Gasteiger partial charge in [-0.15, -0.1) is 22.6 Å². The molecule has 0 radical (unpaired) electrons. The fourth-order valence-electron chi connectivity index (χ4n) is 4.28. The Hall–Kier alpha value is -1.43. The lowest BCUT2D eigenvalue weighted by Gasteiger charge is -2.32. The molecule has 2 aromatic rings. The van der Waals surface area contributed by atoms with Gasteiger partial charge in [-0.1, -0.05) is 38.1 Å². The van der Waals surface area contributed by atoms with Crippen molar-refractivity contribution in [3.63, 3.8) is 0 Å². The first-order valence-corrected chi connectivity index (χ1v) is 10.1. The van der Waals surface area contributed by atoms with Gasteiger partial charge in [0.2, 0.25) is 0 Å². The average molecular weight is 390 g/mol. The third kappa shape index (κ3) is 4.89. The van der Waals surface area contributed by atoms with Crippen molar-refractivity contribution in [2.75, 3.05) is 19.6 Å². The zero-order chi connectivity index (χ0) is 17.9. The van der Waals surface area contributed by atoms with E-state index in [4.69, 9.17) is 0 Å². The number of nitrogens with one attached hydrogen (secondary N) is 1. The number of fused-ring (bicyclic) bond motifs is 1. The van der Waals surface area contributed by atoms with Crippen molar-refractivity contribution in [1.29, 1.82) is 0 Å². The summed E-state index contributed by atoms with van der Waals surface area (Å²) in [7, 11) is 0. The Balaban J connectivity index is 0.00000210. The molecule has 1 N–H and O–H groups in total. The van der Waals surface area contributed by atoms with E-state index in [0.29, 0.717) is 5.92 Å². The fourth-order valence-corrected chi connectivity index (χ4v) is 4.28. The van der Waals surface area contributed by atoms with Crippen LogP contribution in [-0.2, 0) is 26.1 Å². The van der Waals surface area contributed by atoms with E-state index in [1.807, 2.05) is 0 Å². The topological polar surface area (TPSA) is 46.0 Å². The lowest BCUT2D eigenvalue weighted by Crippen LogP contribution is -2.34. The Morgan fingerprint density at radius 2 is 1.74 bits per heavy atom. The van der Waals surface area contributed by atoms with Crippen LogP contribution in [0.25, 0.3) is 0 Å². The van der Waals surface area contributed by atoms with Crippen molar-refractivity contribution in [2.24, 2.45) is 5.92 Å². The van der Waals surface area contributed by atoms with E-state index in [-0.39, 0.29) is 12.4 Å². The number of aromatic nitrogens is 3. The maximum absolute atomic E-state index is 4.52. The zero-order valence-corrected chi connectivity index (χ0v) is 17.3. The molecule has 1 aromatic carbocycles. The second kappa shape index (κ2) is 9.18. The van der Waals surface area contributed by atoms with Gasteiger partial charge in [-0.3, -0.25) is 4.90 Å². The van der Waals surface area contributed by atoms with Gasteiger partial charge in [0, 0.05) is 25.6 Å². The van der Waals surface area contributed by atoms with Gasteiger partial charge in [0.25, 0.3) is 0 Å². The Morgan fingerprint density at radius 1 is 1.04 bits per heavy atom. The number of hydrogen-bond acceptors (Lipinski definition) is 4. The Bertz CT molecular complexity index is 717. The Kier molecular flexibility index (Phi) is 6.90. The van der Waals surface area contributed by atoms with Gasteiger partial charge >= 0.3 is 0 Å². The predicted molar refractivity (Wildman–Crippen MR) is 111 cm³/mol. The van der Waals surface area contributed by atoms with E-state index in [1.165, 1.54) is 36.2 Å². The van der Waals surface area contributed by atoms with Gasteiger partial charge in [-0.05, 0) is 49.4 Å². The molecule has 0 unspecified atom stereocenters. The molecule has 0 bridgehead atoms. The third-order valence-electron chi connectivity index (χ3n) is 5.68. The normalized spacial score (nSPS) is 18.3. The number of hydrogen-bond donors (Lipinski definition) is 1. The molecule has 4 rings (SSSR count). The quantitative estimate of drug-likeness (QED) is 0.851. The molecule has 3 heterocycles. The molecule has 0 spiro atoms. The van der Waals surface area contributed by atoms with Crippen LogP contribution in [0.3, 0.4) is 0 Å². The van der Waals surface area contributed by atoms with Crippen LogP contribution in [-0.4, -0.2) is 39.3 Å². The van der Waals surface area contributed by atoms with E-state index < -0.39 is 0 Å². The van der Waals surface area contributed by atoms with Gasteiger partial charge < -0.3 is 9.88 Å². The van der Waals surface area contributed by atoms with Crippen molar-refractivity contribution >= 4 is 12.4 Å². The van der Waals surface area contributed by atoms with E-state index in [1.54, 1.807) is 0 Å². The summed E-state index contributed by atoms with van der Waals surface area (Å²) in [6.45, 7) is 10.8. The molecular weight excluding hydrogens is 358 g/mol. The number of nitrogens with zero attached hydrogens (tertiary/aromatic N) is 4. The number of benzene rings is 1. The van der Waals surface area contributed by atoms with Gasteiger partial charge in [0.15, 0.2) is 0 Å². The second-order valence-corrected chi connectivity index (χ2v) is 8.27. The summed E-state index contributed by atoms with van der Waals surface area (Å²) < 4.78 is 2.35. The molecule has 0 aliphatic carbocycles. The van der Waals surface area contributed by atoms with Crippen LogP contribution in [0, 0.1) is 5.92 Å². The number of piperidine rings is 1. The van der Waals surface area contributed by atoms with Crippen LogP contribution in [0.2, 0.25) is 0 Å². The fraction of sp³-hybridized carbons (Fsp3) is 0.619. The lowest BCUT2D eigenvalue weighted by molar-refractivity contribution is 0.199. The maximum Gasteiger partial charge on any atom is 0.147 e. The van der Waals surface area contributed by atoms with Crippen LogP contribution in [0.5, 0.6) is 0 Å². The van der Waals surface area contributed by atoms with Crippen LogP contribution in [0.15, 0.2) is 24.3 Å². The van der Waals surface area contributed by atoms with E-state index >= 15 is 0 Å². The standard InChI is InChI=1S/C21H31N5.ClH/c1-16(2)13-17-3-5-18(6-4-17)15-25-10-7-19(8-11-25)21-24-23-20-14-22-9-12-26(20)21;/h3-6,16,19,22H,7-15H2,1-2H3;1H. The van der Waals surface area contributed by atoms with Gasteiger partial charge in [-0.2, -0.15) is 0 Å². The zero-order valence-electron chi connectivity index (χ0n) is 16.5. The summed E-state index contributed by atoms with van der Waals surface area (Å²) in [5.74, 6) is 3.62. The molecule has 0 atom stereocenters. The Morgan fingerprint density at radius 3 is 2.44 bits per heavy atom. The summed E-state index contributed by atoms with van der Waals surface area (Å²) in [6, 6.07) is 9.23. The van der Waals surface area contributed by atoms with Gasteiger partial charge in [-0.25, -0.2) is 0 Å². The molecule has 0 saturated carbocycles. The van der Waals surface area contributed by atoms with E-state index in [0.717, 1.165) is 51.0 Å². The summed E-state index contributed by atoms with van der Waals surface area (Å²) in [6.07, 6.45) is 3.55. The van der Waals surface area contributed by atoms with Gasteiger partial charge in [0.05, 0.1) is 6.54 Å². The molecule has 1 saturated heterocycles. The molecule has 5 nitrogen and oxygen atoms in total. The number of rotatable bonds is 5. The first-order chi connectivity index (χ1) is 12.7. The molecule has 1 aromatic heterocycles. The second-order valence-electron chi connectivity index (χ2n) is 8.27. The molecule has 2 aliphatic heterocycles. The minimum absolute atomic E-state index is 0. The molecule has 27 heavy (non-hydrogen) atoms. The van der Waals surface area contributed by atoms with E-state index in [2.05, 4.69) is 63.1 Å². The van der Waals surface area contributed by atoms with E-state index in [9.17, 15) is 0 Å². The highest BCUT2D eigenvalue weighted by Gasteiger charge is 2.26. The largest absolute Gasteiger partial charge is 0.312 e. The summed E-state index contributed by atoms with van der Waals surface area (Å²) in [5, 5.41) is 12.3. The van der Waals surface area contributed by atoms with Crippen LogP contribution >= 0.6 is 12.4 Å². The summed E-state index contributed by atoms with van der Waals surface area (Å²) in [4.78, 5) is 2.59. The molecule has 0 amide bonds. The summed E-state index contributed by atoms with van der Waals surface area (Å²) >= 11 is 0. The van der Waals surface area contributed by atoms with Crippen LogP contribution in [0.4, 0.5) is 0 Å². The van der Waals surface area contributed by atoms with Crippen molar-refractivity contribution in [3.05, 3.63) is 47.0 Å². The molecule has 1 fully saturated rings. The van der Waals surface area contributed by atoms with Crippen LogP contribution < -0.4 is 5.32 Å². The van der Waals surface area contributed by atoms with Gasteiger partial charge in [0.1, 0.15) is 11.6 Å². The minimum atomic E-state index is 0. The molecule has 2 aliphatic rings. The predicted octanol–water partition coefficient (Wildman–Crippen LogP) is 3.38. The average Bonchev–Trinajstić information content (AvgIpc) is 3.08. The molecule has 148 valence electrons. The smallest absolute Gasteiger partial charge is 0.147 e. The minimum Gasteiger partial charge on any atom is -0.312 e. The van der Waals surface area contributed by atoms with Crippen molar-refractivity contribution in [3.8, 4) is 0 Å². The number of halogens is 1. The maximum atomic E-state index is 4.52. The highest BCUT2D eigenvalue weighted by molar-refractivity contribution is 5.85. The SMILES string of the molecule is CC(C)Cc1ccc(CN2CCC(c3nnc4n3CCNC4)CC2)cc1.Cl. The monoisotopic (exact) mass is 389 g/mol. The number of likely N-dealkylation sites (tertiary alicyclic amines) is 1. The third-order valence-corrected chi connectivity index (χ3v) is 5.68. The lowest BCUT2D eigenvalue weighted by atomic mass is 9.95. The highest BCUT2D eigenvalue weighted by Crippen LogP contribution is 2.28. The van der Waals surface area contributed by atoms with Crippen molar-refractivity contribution in [2.45, 2.75) is 58.7 Å². The summed E-state index contributed by atoms with van der Waals surface area (Å²) in [5.41, 5.74) is 2.88. The van der Waals surface area contributed by atoms with Crippen molar-refractivity contribution < 1.29 is 0 Å². The molecule has 6 heteroatoms.